The van der Waals surface area contributed by atoms with Gasteiger partial charge in [0.25, 0.3) is 0 Å². The molecule has 3 heteroatoms. The van der Waals surface area contributed by atoms with Gasteiger partial charge in [-0.05, 0) is 66.7 Å². The number of halogens is 1. The van der Waals surface area contributed by atoms with E-state index < -0.39 is 0 Å². The van der Waals surface area contributed by atoms with Gasteiger partial charge in [0.15, 0.2) is 0 Å². The second-order valence-corrected chi connectivity index (χ2v) is 5.66. The summed E-state index contributed by atoms with van der Waals surface area (Å²) in [5.74, 6) is 1.97. The highest BCUT2D eigenvalue weighted by molar-refractivity contribution is 14.1. The second-order valence-electron chi connectivity index (χ2n) is 4.41. The van der Waals surface area contributed by atoms with Crippen LogP contribution in [0.15, 0.2) is 34.7 Å². The third-order valence-corrected chi connectivity index (χ3v) is 3.72. The monoisotopic (exact) mass is 355 g/mol. The maximum absolute atomic E-state index is 5.65. The minimum Gasteiger partial charge on any atom is -0.466 e. The number of rotatable bonds is 4. The molecule has 1 heterocycles. The second kappa shape index (κ2) is 5.89. The third-order valence-electron chi connectivity index (χ3n) is 3.00. The van der Waals surface area contributed by atoms with E-state index in [9.17, 15) is 0 Å². The summed E-state index contributed by atoms with van der Waals surface area (Å²) in [6, 6.07) is 11.0. The lowest BCUT2D eigenvalue weighted by Gasteiger charge is -2.18. The van der Waals surface area contributed by atoms with Gasteiger partial charge < -0.3 is 9.73 Å². The molecule has 1 atom stereocenters. The Morgan fingerprint density at radius 2 is 1.89 bits per heavy atom. The van der Waals surface area contributed by atoms with Crippen molar-refractivity contribution in [2.75, 3.05) is 6.54 Å². The number of benzene rings is 1. The summed E-state index contributed by atoms with van der Waals surface area (Å²) in [4.78, 5) is 0. The molecule has 0 aliphatic carbocycles. The van der Waals surface area contributed by atoms with E-state index in [1.165, 1.54) is 14.7 Å². The molecular formula is C15H18INO. The standard InChI is InChI=1S/C15H18INO/c1-4-17-15(12-5-7-13(16)8-6-12)14-9-10(2)18-11(14)3/h5-9,15,17H,4H2,1-3H3. The Hall–Kier alpha value is -0.810. The van der Waals surface area contributed by atoms with E-state index in [4.69, 9.17) is 4.42 Å². The molecule has 0 saturated carbocycles. The highest BCUT2D eigenvalue weighted by Gasteiger charge is 2.18. The molecule has 1 aromatic carbocycles. The normalized spacial score (nSPS) is 12.7. The van der Waals surface area contributed by atoms with Crippen molar-refractivity contribution in [3.05, 3.63) is 56.5 Å². The highest BCUT2D eigenvalue weighted by Crippen LogP contribution is 2.27. The molecule has 2 aromatic rings. The molecule has 0 amide bonds. The first-order valence-corrected chi connectivity index (χ1v) is 7.25. The lowest BCUT2D eigenvalue weighted by Crippen LogP contribution is -2.22. The van der Waals surface area contributed by atoms with Crippen molar-refractivity contribution in [3.63, 3.8) is 0 Å². The van der Waals surface area contributed by atoms with Gasteiger partial charge in [-0.1, -0.05) is 19.1 Å². The number of aryl methyl sites for hydroxylation is 2. The molecule has 0 bridgehead atoms. The zero-order valence-electron chi connectivity index (χ0n) is 11.0. The molecule has 0 fully saturated rings. The van der Waals surface area contributed by atoms with Gasteiger partial charge in [-0.3, -0.25) is 0 Å². The molecule has 1 N–H and O–H groups in total. The van der Waals surface area contributed by atoms with E-state index in [-0.39, 0.29) is 6.04 Å². The Bertz CT molecular complexity index is 516. The van der Waals surface area contributed by atoms with Crippen LogP contribution in [0.1, 0.15) is 35.6 Å². The van der Waals surface area contributed by atoms with Crippen LogP contribution in [-0.4, -0.2) is 6.54 Å². The maximum Gasteiger partial charge on any atom is 0.106 e. The van der Waals surface area contributed by atoms with Crippen molar-refractivity contribution < 1.29 is 4.42 Å². The minimum absolute atomic E-state index is 0.212. The van der Waals surface area contributed by atoms with Crippen LogP contribution in [0.2, 0.25) is 0 Å². The van der Waals surface area contributed by atoms with E-state index >= 15 is 0 Å². The van der Waals surface area contributed by atoms with Gasteiger partial charge in [-0.25, -0.2) is 0 Å². The predicted octanol–water partition coefficient (Wildman–Crippen LogP) is 4.20. The first-order chi connectivity index (χ1) is 8.61. The van der Waals surface area contributed by atoms with Crippen LogP contribution in [0.3, 0.4) is 0 Å². The Labute approximate surface area is 122 Å². The van der Waals surface area contributed by atoms with Gasteiger partial charge in [-0.15, -0.1) is 0 Å². The Kier molecular flexibility index (Phi) is 4.45. The average Bonchev–Trinajstić information content (AvgIpc) is 2.67. The summed E-state index contributed by atoms with van der Waals surface area (Å²) >= 11 is 2.33. The Balaban J connectivity index is 2.39. The summed E-state index contributed by atoms with van der Waals surface area (Å²) in [6.07, 6.45) is 0. The molecule has 1 unspecified atom stereocenters. The van der Waals surface area contributed by atoms with Crippen LogP contribution in [0, 0.1) is 17.4 Å². The predicted molar refractivity (Wildman–Crippen MR) is 82.9 cm³/mol. The lowest BCUT2D eigenvalue weighted by atomic mass is 9.99. The van der Waals surface area contributed by atoms with Crippen LogP contribution < -0.4 is 5.32 Å². The molecule has 0 saturated heterocycles. The van der Waals surface area contributed by atoms with E-state index in [1.54, 1.807) is 0 Å². The van der Waals surface area contributed by atoms with Gasteiger partial charge in [0, 0.05) is 9.13 Å². The summed E-state index contributed by atoms with van der Waals surface area (Å²) in [5.41, 5.74) is 2.51. The van der Waals surface area contributed by atoms with Crippen molar-refractivity contribution in [2.24, 2.45) is 0 Å². The van der Waals surface area contributed by atoms with Crippen molar-refractivity contribution in [2.45, 2.75) is 26.8 Å². The van der Waals surface area contributed by atoms with E-state index in [1.807, 2.05) is 13.8 Å². The lowest BCUT2D eigenvalue weighted by molar-refractivity contribution is 0.495. The fraction of sp³-hybridized carbons (Fsp3) is 0.333. The topological polar surface area (TPSA) is 25.2 Å². The van der Waals surface area contributed by atoms with E-state index in [0.717, 1.165) is 18.1 Å². The van der Waals surface area contributed by atoms with Gasteiger partial charge >= 0.3 is 0 Å². The molecule has 0 spiro atoms. The minimum atomic E-state index is 0.212. The number of nitrogens with one attached hydrogen (secondary N) is 1. The van der Waals surface area contributed by atoms with Crippen LogP contribution >= 0.6 is 22.6 Å². The van der Waals surface area contributed by atoms with Crippen LogP contribution in [0.4, 0.5) is 0 Å². The first-order valence-electron chi connectivity index (χ1n) is 6.17. The van der Waals surface area contributed by atoms with E-state index in [0.29, 0.717) is 0 Å². The number of hydrogen-bond donors (Lipinski definition) is 1. The quantitative estimate of drug-likeness (QED) is 0.832. The molecule has 0 aliphatic rings. The molecule has 0 radical (unpaired) electrons. The largest absolute Gasteiger partial charge is 0.466 e. The summed E-state index contributed by atoms with van der Waals surface area (Å²) < 4.78 is 6.90. The zero-order chi connectivity index (χ0) is 13.1. The molecule has 2 nitrogen and oxygen atoms in total. The molecular weight excluding hydrogens is 337 g/mol. The Morgan fingerprint density at radius 1 is 1.22 bits per heavy atom. The maximum atomic E-state index is 5.65. The zero-order valence-corrected chi connectivity index (χ0v) is 13.1. The van der Waals surface area contributed by atoms with Crippen LogP contribution in [0.25, 0.3) is 0 Å². The molecule has 18 heavy (non-hydrogen) atoms. The van der Waals surface area contributed by atoms with Crippen LogP contribution in [0.5, 0.6) is 0 Å². The molecule has 96 valence electrons. The fourth-order valence-electron chi connectivity index (χ4n) is 2.20. The number of furan rings is 1. The average molecular weight is 355 g/mol. The van der Waals surface area contributed by atoms with Crippen molar-refractivity contribution in [1.82, 2.24) is 5.32 Å². The summed E-state index contributed by atoms with van der Waals surface area (Å²) in [6.45, 7) is 7.08. The van der Waals surface area contributed by atoms with Gasteiger partial charge in [0.1, 0.15) is 11.5 Å². The van der Waals surface area contributed by atoms with Gasteiger partial charge in [0.05, 0.1) is 6.04 Å². The molecule has 2 rings (SSSR count). The molecule has 0 aliphatic heterocycles. The highest BCUT2D eigenvalue weighted by atomic mass is 127. The van der Waals surface area contributed by atoms with E-state index in [2.05, 4.69) is 65.2 Å². The fourth-order valence-corrected chi connectivity index (χ4v) is 2.56. The first kappa shape index (κ1) is 13.6. The van der Waals surface area contributed by atoms with Gasteiger partial charge in [0.2, 0.25) is 0 Å². The smallest absolute Gasteiger partial charge is 0.106 e. The summed E-state index contributed by atoms with van der Waals surface area (Å²) in [5, 5.41) is 3.53. The SMILES string of the molecule is CCNC(c1ccc(I)cc1)c1cc(C)oc1C. The molecule has 1 aromatic heterocycles. The van der Waals surface area contributed by atoms with Gasteiger partial charge in [-0.2, -0.15) is 0 Å². The van der Waals surface area contributed by atoms with Crippen molar-refractivity contribution in [3.8, 4) is 0 Å². The summed E-state index contributed by atoms with van der Waals surface area (Å²) in [7, 11) is 0. The van der Waals surface area contributed by atoms with Crippen molar-refractivity contribution >= 4 is 22.6 Å². The van der Waals surface area contributed by atoms with Crippen LogP contribution in [-0.2, 0) is 0 Å². The third kappa shape index (κ3) is 2.95. The number of hydrogen-bond acceptors (Lipinski definition) is 2. The Morgan fingerprint density at radius 3 is 2.39 bits per heavy atom. The van der Waals surface area contributed by atoms with Crippen molar-refractivity contribution in [1.29, 1.82) is 0 Å².